The number of hydrogen-bond acceptors (Lipinski definition) is 1. The summed E-state index contributed by atoms with van der Waals surface area (Å²) in [7, 11) is 0. The van der Waals surface area contributed by atoms with Gasteiger partial charge in [0.2, 0.25) is 0 Å². The number of fused-ring (bicyclic) bond motifs is 11. The van der Waals surface area contributed by atoms with Crippen LogP contribution in [-0.2, 0) is 0 Å². The van der Waals surface area contributed by atoms with Crippen LogP contribution >= 0.6 is 0 Å². The predicted octanol–water partition coefficient (Wildman–Crippen LogP) is 6.85. The lowest BCUT2D eigenvalue weighted by Crippen LogP contribution is -1.89. The van der Waals surface area contributed by atoms with E-state index in [1.54, 1.807) is 0 Å². The maximum absolute atomic E-state index is 4.82. The highest BCUT2D eigenvalue weighted by Crippen LogP contribution is 2.42. The van der Waals surface area contributed by atoms with E-state index in [0.717, 1.165) is 5.52 Å². The SMILES string of the molecule is c1ccc2c(c1)c1ccccc1c1c3ncccc3c3ccccc3c21. The van der Waals surface area contributed by atoms with Crippen LogP contribution in [0.1, 0.15) is 0 Å². The normalized spacial score (nSPS) is 11.8. The molecule has 0 aliphatic carbocycles. The van der Waals surface area contributed by atoms with Crippen molar-refractivity contribution in [3.8, 4) is 0 Å². The van der Waals surface area contributed by atoms with Gasteiger partial charge in [0.25, 0.3) is 0 Å². The molecule has 0 N–H and O–H groups in total. The Morgan fingerprint density at radius 2 is 0.808 bits per heavy atom. The van der Waals surface area contributed by atoms with Crippen molar-refractivity contribution in [2.24, 2.45) is 0 Å². The Labute approximate surface area is 150 Å². The summed E-state index contributed by atoms with van der Waals surface area (Å²) in [5, 5.41) is 11.5. The Morgan fingerprint density at radius 1 is 0.385 bits per heavy atom. The maximum atomic E-state index is 4.82. The monoisotopic (exact) mass is 329 g/mol. The number of hydrogen-bond donors (Lipinski definition) is 0. The van der Waals surface area contributed by atoms with Gasteiger partial charge in [-0.2, -0.15) is 0 Å². The van der Waals surface area contributed by atoms with Crippen LogP contribution in [-0.4, -0.2) is 4.98 Å². The molecule has 0 atom stereocenters. The van der Waals surface area contributed by atoms with Crippen molar-refractivity contribution in [3.05, 3.63) is 91.1 Å². The maximum Gasteiger partial charge on any atom is 0.0793 e. The van der Waals surface area contributed by atoms with E-state index < -0.39 is 0 Å². The lowest BCUT2D eigenvalue weighted by Gasteiger charge is -2.15. The van der Waals surface area contributed by atoms with E-state index in [0.29, 0.717) is 0 Å². The van der Waals surface area contributed by atoms with Gasteiger partial charge in [0.15, 0.2) is 0 Å². The van der Waals surface area contributed by atoms with Gasteiger partial charge in [-0.05, 0) is 38.4 Å². The van der Waals surface area contributed by atoms with Gasteiger partial charge in [-0.1, -0.05) is 78.9 Å². The van der Waals surface area contributed by atoms with Gasteiger partial charge in [-0.3, -0.25) is 4.98 Å². The number of rotatable bonds is 0. The second-order valence-corrected chi connectivity index (χ2v) is 6.79. The van der Waals surface area contributed by atoms with E-state index in [-0.39, 0.29) is 0 Å². The lowest BCUT2D eigenvalue weighted by atomic mass is 9.89. The lowest BCUT2D eigenvalue weighted by molar-refractivity contribution is 1.43. The molecule has 0 amide bonds. The molecule has 0 aliphatic heterocycles. The number of nitrogens with zero attached hydrogens (tertiary/aromatic N) is 1. The third kappa shape index (κ3) is 1.67. The fourth-order valence-electron chi connectivity index (χ4n) is 4.42. The summed E-state index contributed by atoms with van der Waals surface area (Å²) < 4.78 is 0. The van der Waals surface area contributed by atoms with Crippen molar-refractivity contribution >= 4 is 54.0 Å². The molecule has 0 spiro atoms. The second-order valence-electron chi connectivity index (χ2n) is 6.79. The van der Waals surface area contributed by atoms with Crippen LogP contribution in [0.25, 0.3) is 54.0 Å². The summed E-state index contributed by atoms with van der Waals surface area (Å²) >= 11 is 0. The Hall–Kier alpha value is -3.45. The summed E-state index contributed by atoms with van der Waals surface area (Å²) in [6, 6.07) is 30.4. The van der Waals surface area contributed by atoms with Crippen molar-refractivity contribution < 1.29 is 0 Å². The third-order valence-electron chi connectivity index (χ3n) is 5.46. The Kier molecular flexibility index (Phi) is 2.67. The van der Waals surface area contributed by atoms with Gasteiger partial charge >= 0.3 is 0 Å². The van der Waals surface area contributed by atoms with Gasteiger partial charge in [0, 0.05) is 22.4 Å². The standard InChI is InChI=1S/C25H15N/c1-4-11-19-16(8-1)17-9-2-6-13-21(17)24-23(19)20-12-5-3-10-18(20)22-14-7-15-26-25(22)24/h1-15H. The van der Waals surface area contributed by atoms with Crippen LogP contribution < -0.4 is 0 Å². The fourth-order valence-corrected chi connectivity index (χ4v) is 4.42. The smallest absolute Gasteiger partial charge is 0.0793 e. The molecule has 0 unspecified atom stereocenters. The average Bonchev–Trinajstić information content (AvgIpc) is 2.73. The molecule has 26 heavy (non-hydrogen) atoms. The van der Waals surface area contributed by atoms with Crippen molar-refractivity contribution in [3.63, 3.8) is 0 Å². The van der Waals surface area contributed by atoms with Crippen LogP contribution in [0.3, 0.4) is 0 Å². The van der Waals surface area contributed by atoms with Gasteiger partial charge in [-0.25, -0.2) is 0 Å². The number of benzene rings is 5. The first-order chi connectivity index (χ1) is 12.9. The molecule has 1 heteroatoms. The molecule has 120 valence electrons. The average molecular weight is 329 g/mol. The third-order valence-corrected chi connectivity index (χ3v) is 5.46. The Balaban J connectivity index is 2.14. The first-order valence-electron chi connectivity index (χ1n) is 8.92. The molecule has 0 saturated heterocycles. The minimum absolute atomic E-state index is 1.09. The Bertz CT molecular complexity index is 1250. The van der Waals surface area contributed by atoms with Gasteiger partial charge in [0.1, 0.15) is 0 Å². The minimum atomic E-state index is 1.09. The predicted molar refractivity (Wildman–Crippen MR) is 112 cm³/mol. The first-order valence-corrected chi connectivity index (χ1v) is 8.92. The molecular formula is C25H15N. The van der Waals surface area contributed by atoms with Crippen LogP contribution in [0.5, 0.6) is 0 Å². The van der Waals surface area contributed by atoms with Crippen LogP contribution in [0, 0.1) is 0 Å². The fraction of sp³-hybridized carbons (Fsp3) is 0. The van der Waals surface area contributed by atoms with Crippen LogP contribution in [0.2, 0.25) is 0 Å². The van der Waals surface area contributed by atoms with Crippen LogP contribution in [0.15, 0.2) is 91.1 Å². The zero-order valence-corrected chi connectivity index (χ0v) is 14.1. The van der Waals surface area contributed by atoms with Crippen molar-refractivity contribution in [2.45, 2.75) is 0 Å². The molecule has 0 fully saturated rings. The quantitative estimate of drug-likeness (QED) is 0.278. The highest BCUT2D eigenvalue weighted by molar-refractivity contribution is 6.38. The van der Waals surface area contributed by atoms with Crippen molar-refractivity contribution in [2.75, 3.05) is 0 Å². The van der Waals surface area contributed by atoms with Gasteiger partial charge in [0.05, 0.1) is 5.52 Å². The Morgan fingerprint density at radius 3 is 1.38 bits per heavy atom. The summed E-state index contributed by atoms with van der Waals surface area (Å²) in [5.74, 6) is 0. The number of aromatic nitrogens is 1. The van der Waals surface area contributed by atoms with Gasteiger partial charge in [-0.15, -0.1) is 0 Å². The van der Waals surface area contributed by atoms with E-state index in [1.165, 1.54) is 48.5 Å². The molecule has 6 rings (SSSR count). The second kappa shape index (κ2) is 5.03. The molecule has 1 aromatic heterocycles. The number of pyridine rings is 1. The van der Waals surface area contributed by atoms with E-state index in [1.807, 2.05) is 12.3 Å². The van der Waals surface area contributed by atoms with Crippen molar-refractivity contribution in [1.82, 2.24) is 4.98 Å². The zero-order chi connectivity index (χ0) is 17.1. The summed E-state index contributed by atoms with van der Waals surface area (Å²) in [4.78, 5) is 4.82. The largest absolute Gasteiger partial charge is 0.256 e. The molecule has 0 saturated carbocycles. The molecule has 0 radical (unpaired) electrons. The van der Waals surface area contributed by atoms with Gasteiger partial charge < -0.3 is 0 Å². The van der Waals surface area contributed by atoms with E-state index >= 15 is 0 Å². The molecule has 0 aliphatic rings. The molecule has 1 heterocycles. The zero-order valence-electron chi connectivity index (χ0n) is 14.1. The highest BCUT2D eigenvalue weighted by Gasteiger charge is 2.15. The summed E-state index contributed by atoms with van der Waals surface area (Å²) in [5.41, 5.74) is 1.09. The van der Waals surface area contributed by atoms with E-state index in [9.17, 15) is 0 Å². The summed E-state index contributed by atoms with van der Waals surface area (Å²) in [6.45, 7) is 0. The highest BCUT2D eigenvalue weighted by atomic mass is 14.6. The first kappa shape index (κ1) is 13.8. The molecule has 6 aromatic rings. The van der Waals surface area contributed by atoms with Crippen molar-refractivity contribution in [1.29, 1.82) is 0 Å². The van der Waals surface area contributed by atoms with E-state index in [4.69, 9.17) is 4.98 Å². The molecule has 0 bridgehead atoms. The van der Waals surface area contributed by atoms with Crippen LogP contribution in [0.4, 0.5) is 0 Å². The molecular weight excluding hydrogens is 314 g/mol. The minimum Gasteiger partial charge on any atom is -0.256 e. The topological polar surface area (TPSA) is 12.9 Å². The molecule has 1 nitrogen and oxygen atoms in total. The molecule has 5 aromatic carbocycles. The summed E-state index contributed by atoms with van der Waals surface area (Å²) in [6.07, 6.45) is 1.90. The van der Waals surface area contributed by atoms with E-state index in [2.05, 4.69) is 78.9 Å².